The Kier molecular flexibility index (Phi) is 3.90. The Labute approximate surface area is 130 Å². The first-order valence-electron chi connectivity index (χ1n) is 7.26. The van der Waals surface area contributed by atoms with Gasteiger partial charge in [-0.15, -0.1) is 6.42 Å². The molecule has 2 aromatic rings. The molecule has 2 N–H and O–H groups in total. The van der Waals surface area contributed by atoms with Crippen LogP contribution in [0.1, 0.15) is 37.4 Å². The van der Waals surface area contributed by atoms with Crippen LogP contribution in [0.25, 0.3) is 11.3 Å². The zero-order valence-electron chi connectivity index (χ0n) is 11.8. The monoisotopic (exact) mass is 299 g/mol. The normalized spacial score (nSPS) is 15.2. The van der Waals surface area contributed by atoms with E-state index in [1.165, 1.54) is 25.7 Å². The molecule has 0 saturated heterocycles. The van der Waals surface area contributed by atoms with Crippen LogP contribution in [0.4, 0.5) is 5.82 Å². The molecule has 1 saturated carbocycles. The van der Waals surface area contributed by atoms with Crippen molar-refractivity contribution >= 4 is 17.4 Å². The zero-order valence-corrected chi connectivity index (χ0v) is 12.6. The first-order valence-corrected chi connectivity index (χ1v) is 7.64. The van der Waals surface area contributed by atoms with Crippen LogP contribution in [-0.4, -0.2) is 9.55 Å². The Morgan fingerprint density at radius 1 is 1.29 bits per heavy atom. The highest BCUT2D eigenvalue weighted by molar-refractivity contribution is 6.30. The molecule has 0 amide bonds. The Morgan fingerprint density at radius 3 is 2.57 bits per heavy atom. The van der Waals surface area contributed by atoms with Gasteiger partial charge in [0.15, 0.2) is 0 Å². The Hall–Kier alpha value is -1.92. The number of rotatable bonds is 3. The van der Waals surface area contributed by atoms with Gasteiger partial charge in [-0.1, -0.05) is 42.5 Å². The summed E-state index contributed by atoms with van der Waals surface area (Å²) in [5.41, 5.74) is 8.09. The second-order valence-corrected chi connectivity index (χ2v) is 5.92. The second kappa shape index (κ2) is 5.83. The largest absolute Gasteiger partial charge is 0.383 e. The van der Waals surface area contributed by atoms with Gasteiger partial charge in [-0.2, -0.15) is 0 Å². The molecule has 3 nitrogen and oxygen atoms in total. The fraction of sp³-hybridized carbons (Fsp3) is 0.353. The molecule has 0 atom stereocenters. The van der Waals surface area contributed by atoms with Gasteiger partial charge in [0.25, 0.3) is 0 Å². The van der Waals surface area contributed by atoms with Crippen molar-refractivity contribution in [3.63, 3.8) is 0 Å². The summed E-state index contributed by atoms with van der Waals surface area (Å²) in [6.07, 6.45) is 10.3. The molecule has 108 valence electrons. The number of halogens is 1. The van der Waals surface area contributed by atoms with E-state index in [1.807, 2.05) is 28.8 Å². The molecule has 21 heavy (non-hydrogen) atoms. The van der Waals surface area contributed by atoms with Crippen molar-refractivity contribution in [3.8, 4) is 23.6 Å². The average Bonchev–Trinajstić information content (AvgIpc) is 3.10. The second-order valence-electron chi connectivity index (χ2n) is 5.48. The lowest BCUT2D eigenvalue weighted by atomic mass is 10.1. The number of imidazole rings is 1. The van der Waals surface area contributed by atoms with Gasteiger partial charge in [0.05, 0.1) is 6.54 Å². The van der Waals surface area contributed by atoms with Gasteiger partial charge < -0.3 is 10.3 Å². The maximum Gasteiger partial charge on any atom is 0.132 e. The van der Waals surface area contributed by atoms with Crippen LogP contribution in [0, 0.1) is 12.3 Å². The number of anilines is 1. The fourth-order valence-electron chi connectivity index (χ4n) is 3.06. The number of nitrogen functional groups attached to an aromatic ring is 1. The highest BCUT2D eigenvalue weighted by Gasteiger charge is 2.25. The van der Waals surface area contributed by atoms with Crippen LogP contribution >= 0.6 is 11.6 Å². The topological polar surface area (TPSA) is 43.8 Å². The first-order chi connectivity index (χ1) is 10.2. The van der Waals surface area contributed by atoms with Crippen LogP contribution in [-0.2, 0) is 6.54 Å². The number of benzene rings is 1. The van der Waals surface area contributed by atoms with Gasteiger partial charge in [0.2, 0.25) is 0 Å². The summed E-state index contributed by atoms with van der Waals surface area (Å²) < 4.78 is 1.99. The molecule has 0 radical (unpaired) electrons. The summed E-state index contributed by atoms with van der Waals surface area (Å²) in [7, 11) is 0. The summed E-state index contributed by atoms with van der Waals surface area (Å²) in [5, 5.41) is 0.705. The molecule has 1 aromatic carbocycles. The van der Waals surface area contributed by atoms with E-state index >= 15 is 0 Å². The molecule has 1 fully saturated rings. The third-order valence-electron chi connectivity index (χ3n) is 4.12. The minimum absolute atomic E-state index is 0.470. The third-order valence-corrected chi connectivity index (χ3v) is 4.38. The van der Waals surface area contributed by atoms with Crippen LogP contribution in [0.3, 0.4) is 0 Å². The molecule has 3 rings (SSSR count). The lowest BCUT2D eigenvalue weighted by Gasteiger charge is -2.11. The van der Waals surface area contributed by atoms with Crippen LogP contribution in [0.2, 0.25) is 5.02 Å². The Morgan fingerprint density at radius 2 is 1.95 bits per heavy atom. The number of terminal acetylenes is 1. The van der Waals surface area contributed by atoms with E-state index in [2.05, 4.69) is 5.92 Å². The molecule has 1 aliphatic carbocycles. The van der Waals surface area contributed by atoms with Gasteiger partial charge in [-0.25, -0.2) is 4.98 Å². The fourth-order valence-corrected chi connectivity index (χ4v) is 3.18. The summed E-state index contributed by atoms with van der Waals surface area (Å²) >= 11 is 5.95. The summed E-state index contributed by atoms with van der Waals surface area (Å²) in [5.74, 6) is 4.84. The zero-order chi connectivity index (χ0) is 14.8. The summed E-state index contributed by atoms with van der Waals surface area (Å²) in [4.78, 5) is 4.81. The molecule has 1 aromatic heterocycles. The smallest absolute Gasteiger partial charge is 0.132 e. The van der Waals surface area contributed by atoms with E-state index in [-0.39, 0.29) is 0 Å². The molecular formula is C17H18ClN3. The predicted molar refractivity (Wildman–Crippen MR) is 87.1 cm³/mol. The third kappa shape index (κ3) is 2.64. The van der Waals surface area contributed by atoms with E-state index in [0.717, 1.165) is 17.1 Å². The highest BCUT2D eigenvalue weighted by atomic mass is 35.5. The van der Waals surface area contributed by atoms with E-state index in [0.29, 0.717) is 23.3 Å². The van der Waals surface area contributed by atoms with Crippen LogP contribution < -0.4 is 5.73 Å². The van der Waals surface area contributed by atoms with Crippen LogP contribution in [0.5, 0.6) is 0 Å². The quantitative estimate of drug-likeness (QED) is 0.868. The minimum atomic E-state index is 0.470. The highest BCUT2D eigenvalue weighted by Crippen LogP contribution is 2.37. The number of nitrogens with two attached hydrogens (primary N) is 1. The van der Waals surface area contributed by atoms with Crippen molar-refractivity contribution < 1.29 is 0 Å². The van der Waals surface area contributed by atoms with Crippen LogP contribution in [0.15, 0.2) is 24.3 Å². The SMILES string of the molecule is C#CCn1c(C2CCCC2)nc(-c2ccc(Cl)cc2)c1N. The summed E-state index contributed by atoms with van der Waals surface area (Å²) in [6, 6.07) is 7.59. The van der Waals surface area contributed by atoms with Gasteiger partial charge in [0, 0.05) is 16.5 Å². The molecule has 0 spiro atoms. The van der Waals surface area contributed by atoms with Gasteiger partial charge in [0.1, 0.15) is 17.3 Å². The van der Waals surface area contributed by atoms with Crippen molar-refractivity contribution in [1.82, 2.24) is 9.55 Å². The van der Waals surface area contributed by atoms with Crippen molar-refractivity contribution in [2.24, 2.45) is 0 Å². The van der Waals surface area contributed by atoms with Crippen molar-refractivity contribution in [2.75, 3.05) is 5.73 Å². The number of hydrogen-bond donors (Lipinski definition) is 1. The van der Waals surface area contributed by atoms with E-state index in [9.17, 15) is 0 Å². The molecular weight excluding hydrogens is 282 g/mol. The van der Waals surface area contributed by atoms with Gasteiger partial charge >= 0.3 is 0 Å². The maximum absolute atomic E-state index is 6.30. The van der Waals surface area contributed by atoms with Gasteiger partial charge in [-0.3, -0.25) is 0 Å². The minimum Gasteiger partial charge on any atom is -0.383 e. The lowest BCUT2D eigenvalue weighted by Crippen LogP contribution is -2.09. The first kappa shape index (κ1) is 14.0. The number of nitrogens with zero attached hydrogens (tertiary/aromatic N) is 2. The van der Waals surface area contributed by atoms with E-state index < -0.39 is 0 Å². The predicted octanol–water partition coefficient (Wildman–Crippen LogP) is 4.08. The molecule has 1 heterocycles. The van der Waals surface area contributed by atoms with Crippen molar-refractivity contribution in [2.45, 2.75) is 38.1 Å². The van der Waals surface area contributed by atoms with Gasteiger partial charge in [-0.05, 0) is 25.0 Å². The Bertz CT molecular complexity index is 673. The van der Waals surface area contributed by atoms with E-state index in [4.69, 9.17) is 28.7 Å². The molecule has 0 aliphatic heterocycles. The average molecular weight is 300 g/mol. The molecule has 0 bridgehead atoms. The maximum atomic E-state index is 6.30. The standard InChI is InChI=1S/C17H18ClN3/c1-2-11-21-16(19)15(12-7-9-14(18)10-8-12)20-17(21)13-5-3-4-6-13/h1,7-10,13H,3-6,11,19H2. The molecule has 0 unspecified atom stereocenters. The van der Waals surface area contributed by atoms with Crippen molar-refractivity contribution in [1.29, 1.82) is 0 Å². The summed E-state index contributed by atoms with van der Waals surface area (Å²) in [6.45, 7) is 0.470. The molecule has 1 aliphatic rings. The Balaban J connectivity index is 2.07. The number of aromatic nitrogens is 2. The molecule has 4 heteroatoms. The number of hydrogen-bond acceptors (Lipinski definition) is 2. The lowest BCUT2D eigenvalue weighted by molar-refractivity contribution is 0.622. The van der Waals surface area contributed by atoms with E-state index in [1.54, 1.807) is 0 Å². The van der Waals surface area contributed by atoms with Crippen molar-refractivity contribution in [3.05, 3.63) is 35.1 Å².